The van der Waals surface area contributed by atoms with Crippen molar-refractivity contribution in [3.63, 3.8) is 0 Å². The van der Waals surface area contributed by atoms with Gasteiger partial charge in [-0.05, 0) is 36.5 Å². The normalized spacial score (nSPS) is 23.7. The molecule has 1 heterocycles. The Kier molecular flexibility index (Phi) is 3.64. The summed E-state index contributed by atoms with van der Waals surface area (Å²) in [4.78, 5) is 25.8. The van der Waals surface area contributed by atoms with Gasteiger partial charge in [-0.15, -0.1) is 0 Å². The molecule has 3 aliphatic rings. The van der Waals surface area contributed by atoms with E-state index in [1.165, 1.54) is 6.07 Å². The van der Waals surface area contributed by atoms with Crippen molar-refractivity contribution in [3.8, 4) is 0 Å². The van der Waals surface area contributed by atoms with Crippen LogP contribution in [0.5, 0.6) is 0 Å². The number of ketones is 1. The number of rotatable bonds is 3. The maximum Gasteiger partial charge on any atom is 0.339 e. The first-order chi connectivity index (χ1) is 11.6. The van der Waals surface area contributed by atoms with Crippen LogP contribution in [0.4, 0.5) is 10.1 Å². The first-order valence-corrected chi connectivity index (χ1v) is 8.35. The van der Waals surface area contributed by atoms with Crippen LogP contribution in [0.25, 0.3) is 0 Å². The van der Waals surface area contributed by atoms with E-state index < -0.39 is 17.6 Å². The van der Waals surface area contributed by atoms with E-state index >= 15 is 0 Å². The van der Waals surface area contributed by atoms with Crippen LogP contribution < -0.4 is 10.2 Å². The smallest absolute Gasteiger partial charge is 0.339 e. The molecule has 0 spiro atoms. The first-order valence-electron chi connectivity index (χ1n) is 8.35. The van der Waals surface area contributed by atoms with E-state index in [9.17, 15) is 19.1 Å². The van der Waals surface area contributed by atoms with Gasteiger partial charge in [-0.1, -0.05) is 6.08 Å². The van der Waals surface area contributed by atoms with E-state index in [0.717, 1.165) is 31.5 Å². The van der Waals surface area contributed by atoms with Crippen molar-refractivity contribution in [2.75, 3.05) is 31.1 Å². The number of Topliss-reactive ketones (excluding diaryl/α,β-unsaturated/α-hetero) is 1. The fourth-order valence-corrected chi connectivity index (χ4v) is 3.70. The molecule has 1 aromatic carbocycles. The van der Waals surface area contributed by atoms with Gasteiger partial charge in [0.15, 0.2) is 5.78 Å². The number of aliphatic carboxylic acids is 1. The lowest BCUT2D eigenvalue weighted by Gasteiger charge is -2.31. The Labute approximate surface area is 139 Å². The van der Waals surface area contributed by atoms with Crippen LogP contribution in [-0.2, 0) is 4.79 Å². The third-order valence-corrected chi connectivity index (χ3v) is 5.13. The minimum Gasteiger partial charge on any atom is -0.478 e. The zero-order chi connectivity index (χ0) is 16.8. The Bertz CT molecular complexity index is 749. The second-order valence-electron chi connectivity index (χ2n) is 6.71. The molecule has 1 unspecified atom stereocenters. The third kappa shape index (κ3) is 2.51. The van der Waals surface area contributed by atoms with E-state index in [0.29, 0.717) is 24.7 Å². The highest BCUT2D eigenvalue weighted by Crippen LogP contribution is 2.48. The van der Waals surface area contributed by atoms with Crippen molar-refractivity contribution in [3.05, 3.63) is 40.7 Å². The molecular formula is C18H19FN2O3. The standard InChI is InChI=1S/C18H19FN2O3/c19-15-8-13-12(9-16(15)21-5-3-20-4-6-21)11(10-1-2-10)7-14(17(13)22)18(23)24/h7-11,20H,1-6H2,(H,23,24). The molecule has 2 aliphatic carbocycles. The number of carboxylic acids is 1. The van der Waals surface area contributed by atoms with Gasteiger partial charge in [0.05, 0.1) is 5.69 Å². The monoisotopic (exact) mass is 330 g/mol. The number of carbonyl (C=O) groups is 2. The summed E-state index contributed by atoms with van der Waals surface area (Å²) in [5.41, 5.74) is 1.28. The molecule has 2 N–H and O–H groups in total. The number of fused-ring (bicyclic) bond motifs is 1. The molecule has 5 nitrogen and oxygen atoms in total. The van der Waals surface area contributed by atoms with Crippen LogP contribution >= 0.6 is 0 Å². The van der Waals surface area contributed by atoms with Crippen molar-refractivity contribution >= 4 is 17.4 Å². The lowest BCUT2D eigenvalue weighted by atomic mass is 9.80. The molecule has 1 atom stereocenters. The fraction of sp³-hybridized carbons (Fsp3) is 0.444. The van der Waals surface area contributed by atoms with Gasteiger partial charge in [-0.3, -0.25) is 4.79 Å². The topological polar surface area (TPSA) is 69.6 Å². The van der Waals surface area contributed by atoms with Crippen molar-refractivity contribution in [2.45, 2.75) is 18.8 Å². The summed E-state index contributed by atoms with van der Waals surface area (Å²) >= 11 is 0. The highest BCUT2D eigenvalue weighted by atomic mass is 19.1. The van der Waals surface area contributed by atoms with E-state index in [-0.39, 0.29) is 17.1 Å². The van der Waals surface area contributed by atoms with Crippen LogP contribution in [-0.4, -0.2) is 43.0 Å². The molecule has 1 aliphatic heterocycles. The summed E-state index contributed by atoms with van der Waals surface area (Å²) in [6, 6.07) is 3.01. The molecule has 4 rings (SSSR count). The van der Waals surface area contributed by atoms with Gasteiger partial charge in [-0.25, -0.2) is 9.18 Å². The van der Waals surface area contributed by atoms with Crippen molar-refractivity contribution in [1.82, 2.24) is 5.32 Å². The van der Waals surface area contributed by atoms with Gasteiger partial charge >= 0.3 is 5.97 Å². The minimum absolute atomic E-state index is 0.105. The summed E-state index contributed by atoms with van der Waals surface area (Å²) in [7, 11) is 0. The number of halogens is 1. The van der Waals surface area contributed by atoms with Gasteiger partial charge in [0.25, 0.3) is 0 Å². The van der Waals surface area contributed by atoms with E-state index in [4.69, 9.17) is 0 Å². The third-order valence-electron chi connectivity index (χ3n) is 5.13. The van der Waals surface area contributed by atoms with Crippen molar-refractivity contribution in [1.29, 1.82) is 0 Å². The van der Waals surface area contributed by atoms with Gasteiger partial charge in [0.2, 0.25) is 0 Å². The maximum absolute atomic E-state index is 14.6. The van der Waals surface area contributed by atoms with Crippen LogP contribution in [0.2, 0.25) is 0 Å². The van der Waals surface area contributed by atoms with Crippen LogP contribution in [0.1, 0.15) is 34.7 Å². The minimum atomic E-state index is -1.23. The molecule has 0 aromatic heterocycles. The predicted octanol–water partition coefficient (Wildman–Crippen LogP) is 1.94. The number of hydrogen-bond acceptors (Lipinski definition) is 4. The number of carbonyl (C=O) groups excluding carboxylic acids is 1. The number of anilines is 1. The second-order valence-corrected chi connectivity index (χ2v) is 6.71. The number of allylic oxidation sites excluding steroid dienone is 1. The van der Waals surface area contributed by atoms with Crippen LogP contribution in [0.3, 0.4) is 0 Å². The highest BCUT2D eigenvalue weighted by Gasteiger charge is 2.39. The molecule has 1 saturated heterocycles. The lowest BCUT2D eigenvalue weighted by Crippen LogP contribution is -2.44. The number of nitrogens with zero attached hydrogens (tertiary/aromatic N) is 1. The number of carboxylic acid groups (broad SMARTS) is 1. The number of hydrogen-bond donors (Lipinski definition) is 2. The van der Waals surface area contributed by atoms with Crippen molar-refractivity contribution < 1.29 is 19.1 Å². The lowest BCUT2D eigenvalue weighted by molar-refractivity contribution is -0.132. The number of piperazine rings is 1. The Morgan fingerprint density at radius 3 is 2.58 bits per heavy atom. The van der Waals surface area contributed by atoms with Gasteiger partial charge < -0.3 is 15.3 Å². The second kappa shape index (κ2) is 5.70. The molecule has 126 valence electrons. The van der Waals surface area contributed by atoms with Crippen LogP contribution in [0.15, 0.2) is 23.8 Å². The summed E-state index contributed by atoms with van der Waals surface area (Å²) in [5, 5.41) is 12.5. The summed E-state index contributed by atoms with van der Waals surface area (Å²) < 4.78 is 14.6. The summed E-state index contributed by atoms with van der Waals surface area (Å²) in [6.45, 7) is 3.02. The summed E-state index contributed by atoms with van der Waals surface area (Å²) in [6.07, 6.45) is 3.61. The van der Waals surface area contributed by atoms with E-state index in [1.54, 1.807) is 12.1 Å². The SMILES string of the molecule is O=C(O)C1=CC(C2CC2)c2cc(N3CCNCC3)c(F)cc2C1=O. The average molecular weight is 330 g/mol. The molecule has 2 fully saturated rings. The number of nitrogens with one attached hydrogen (secondary N) is 1. The van der Waals surface area contributed by atoms with Crippen molar-refractivity contribution in [2.24, 2.45) is 5.92 Å². The summed E-state index contributed by atoms with van der Waals surface area (Å²) in [5.74, 6) is -2.02. The maximum atomic E-state index is 14.6. The average Bonchev–Trinajstić information content (AvgIpc) is 3.40. The Morgan fingerprint density at radius 1 is 1.25 bits per heavy atom. The van der Waals surface area contributed by atoms with Gasteiger partial charge in [0, 0.05) is 37.7 Å². The number of benzene rings is 1. The zero-order valence-corrected chi connectivity index (χ0v) is 13.2. The predicted molar refractivity (Wildman–Crippen MR) is 87.0 cm³/mol. The first kappa shape index (κ1) is 15.3. The quantitative estimate of drug-likeness (QED) is 0.829. The molecule has 0 radical (unpaired) electrons. The molecule has 1 aromatic rings. The molecule has 0 bridgehead atoms. The van der Waals surface area contributed by atoms with E-state index in [2.05, 4.69) is 5.32 Å². The fourth-order valence-electron chi connectivity index (χ4n) is 3.70. The molecule has 1 saturated carbocycles. The van der Waals surface area contributed by atoms with E-state index in [1.807, 2.05) is 4.90 Å². The Balaban J connectivity index is 1.80. The van der Waals surface area contributed by atoms with Gasteiger partial charge in [-0.2, -0.15) is 0 Å². The molecule has 24 heavy (non-hydrogen) atoms. The Hall–Kier alpha value is -2.21. The highest BCUT2D eigenvalue weighted by molar-refractivity contribution is 6.25. The van der Waals surface area contributed by atoms with Gasteiger partial charge in [0.1, 0.15) is 11.4 Å². The molecule has 0 amide bonds. The zero-order valence-electron chi connectivity index (χ0n) is 13.2. The molecule has 6 heteroatoms. The largest absolute Gasteiger partial charge is 0.478 e. The van der Waals surface area contributed by atoms with Crippen LogP contribution in [0, 0.1) is 11.7 Å². The molecular weight excluding hydrogens is 311 g/mol. The Morgan fingerprint density at radius 2 is 1.96 bits per heavy atom.